The van der Waals surface area contributed by atoms with E-state index in [0.717, 1.165) is 11.3 Å². The molecule has 0 spiro atoms. The number of Topliss-reactive ketones (excluding diaryl/α,β-unsaturated/α-hetero) is 1. The molecule has 1 aliphatic heterocycles. The van der Waals surface area contributed by atoms with Gasteiger partial charge in [-0.2, -0.15) is 5.26 Å². The van der Waals surface area contributed by atoms with Gasteiger partial charge in [0, 0.05) is 23.4 Å². The number of carbonyl (C=O) groups is 2. The Morgan fingerprint density at radius 3 is 2.52 bits per heavy atom. The number of nitriles is 1. The zero-order chi connectivity index (χ0) is 30.2. The van der Waals surface area contributed by atoms with Crippen molar-refractivity contribution in [1.29, 1.82) is 5.26 Å². The van der Waals surface area contributed by atoms with Gasteiger partial charge in [0.1, 0.15) is 11.6 Å². The molecule has 1 aliphatic carbocycles. The summed E-state index contributed by atoms with van der Waals surface area (Å²) in [6.07, 6.45) is 0.926. The molecular weight excluding hydrogens is 572 g/mol. The first-order chi connectivity index (χ1) is 20.0. The van der Waals surface area contributed by atoms with Crippen molar-refractivity contribution in [1.82, 2.24) is 10.2 Å². The summed E-state index contributed by atoms with van der Waals surface area (Å²) in [7, 11) is 0. The van der Waals surface area contributed by atoms with E-state index in [0.29, 0.717) is 45.1 Å². The predicted molar refractivity (Wildman–Crippen MR) is 163 cm³/mol. The van der Waals surface area contributed by atoms with Crippen molar-refractivity contribution < 1.29 is 14.0 Å². The summed E-state index contributed by atoms with van der Waals surface area (Å²) in [5.74, 6) is -0.600. The number of benzene rings is 2. The molecule has 2 aromatic carbocycles. The van der Waals surface area contributed by atoms with Crippen molar-refractivity contribution in [3.8, 4) is 6.07 Å². The summed E-state index contributed by atoms with van der Waals surface area (Å²) in [6, 6.07) is 15.9. The van der Waals surface area contributed by atoms with Crippen LogP contribution < -0.4 is 16.0 Å². The molecular formula is C31H31FN6O2S2. The fourth-order valence-corrected chi connectivity index (χ4v) is 7.02. The molecule has 0 saturated carbocycles. The minimum Gasteiger partial charge on any atom is -0.384 e. The smallest absolute Gasteiger partial charge is 0.234 e. The number of thioether (sulfide) groups is 1. The molecule has 42 heavy (non-hydrogen) atoms. The number of rotatable bonds is 7. The normalized spacial score (nSPS) is 18.3. The standard InChI is InChI=1S/C31H31FN6O2S2/c1-17(2)18-5-7-19(8-6-18)26-22(15-33)28(34)38(23-13-31(3,4)14-24(39)27(23)26)29-36-37-30(42-29)41-16-25(40)35-21-11-9-20(32)10-12-21/h5-12,17,26H,13-14,16,34H2,1-4H3,(H,35,40). The van der Waals surface area contributed by atoms with E-state index in [-0.39, 0.29) is 34.5 Å². The van der Waals surface area contributed by atoms with Crippen molar-refractivity contribution in [2.24, 2.45) is 11.1 Å². The van der Waals surface area contributed by atoms with E-state index < -0.39 is 5.92 Å². The number of nitrogens with one attached hydrogen (secondary N) is 1. The van der Waals surface area contributed by atoms with Gasteiger partial charge in [0.25, 0.3) is 0 Å². The lowest BCUT2D eigenvalue weighted by Gasteiger charge is -2.42. The highest BCUT2D eigenvalue weighted by Crippen LogP contribution is 2.50. The van der Waals surface area contributed by atoms with Gasteiger partial charge in [-0.05, 0) is 53.1 Å². The molecule has 0 fully saturated rings. The second-order valence-electron chi connectivity index (χ2n) is 11.5. The van der Waals surface area contributed by atoms with Gasteiger partial charge in [-0.3, -0.25) is 14.5 Å². The molecule has 8 nitrogen and oxygen atoms in total. The number of nitrogens with zero attached hydrogens (tertiary/aromatic N) is 4. The molecule has 1 atom stereocenters. The molecule has 1 unspecified atom stereocenters. The second kappa shape index (κ2) is 11.7. The Balaban J connectivity index is 1.46. The van der Waals surface area contributed by atoms with E-state index in [4.69, 9.17) is 5.73 Å². The van der Waals surface area contributed by atoms with Crippen LogP contribution in [0.15, 0.2) is 75.5 Å². The summed E-state index contributed by atoms with van der Waals surface area (Å²) in [4.78, 5) is 27.9. The van der Waals surface area contributed by atoms with E-state index in [1.807, 2.05) is 38.1 Å². The minimum absolute atomic E-state index is 0.0129. The third kappa shape index (κ3) is 5.96. The van der Waals surface area contributed by atoms with Gasteiger partial charge >= 0.3 is 0 Å². The Kier molecular flexibility index (Phi) is 8.21. The van der Waals surface area contributed by atoms with Crippen LogP contribution in [0.5, 0.6) is 0 Å². The average Bonchev–Trinajstić information content (AvgIpc) is 3.40. The zero-order valence-corrected chi connectivity index (χ0v) is 25.4. The van der Waals surface area contributed by atoms with E-state index in [9.17, 15) is 19.2 Å². The molecule has 0 saturated heterocycles. The Hall–Kier alpha value is -4.01. The molecule has 1 amide bonds. The summed E-state index contributed by atoms with van der Waals surface area (Å²) in [6.45, 7) is 8.32. The topological polar surface area (TPSA) is 125 Å². The molecule has 0 radical (unpaired) electrons. The summed E-state index contributed by atoms with van der Waals surface area (Å²) < 4.78 is 13.7. The number of aromatic nitrogens is 2. The van der Waals surface area contributed by atoms with E-state index in [1.54, 1.807) is 4.90 Å². The van der Waals surface area contributed by atoms with Crippen LogP contribution in [0, 0.1) is 22.6 Å². The van der Waals surface area contributed by atoms with Crippen LogP contribution in [-0.2, 0) is 9.59 Å². The van der Waals surface area contributed by atoms with Crippen LogP contribution in [0.2, 0.25) is 0 Å². The fourth-order valence-electron chi connectivity index (χ4n) is 5.34. The summed E-state index contributed by atoms with van der Waals surface area (Å²) in [5.41, 5.74) is 10.5. The number of ketones is 1. The van der Waals surface area contributed by atoms with Crippen LogP contribution in [0.1, 0.15) is 63.5 Å². The van der Waals surface area contributed by atoms with Crippen LogP contribution in [0.4, 0.5) is 15.2 Å². The molecule has 3 N–H and O–H groups in total. The Morgan fingerprint density at radius 1 is 1.19 bits per heavy atom. The Labute approximate surface area is 252 Å². The van der Waals surface area contributed by atoms with E-state index in [1.165, 1.54) is 52.9 Å². The summed E-state index contributed by atoms with van der Waals surface area (Å²) >= 11 is 2.43. The minimum atomic E-state index is -0.567. The molecule has 0 bridgehead atoms. The fraction of sp³-hybridized carbons (Fsp3) is 0.323. The number of halogens is 1. The Morgan fingerprint density at radius 2 is 1.88 bits per heavy atom. The number of amides is 1. The molecule has 2 heterocycles. The molecule has 216 valence electrons. The number of hydrogen-bond acceptors (Lipinski definition) is 9. The molecule has 5 rings (SSSR count). The highest BCUT2D eigenvalue weighted by Gasteiger charge is 2.45. The van der Waals surface area contributed by atoms with Gasteiger partial charge in [-0.25, -0.2) is 4.39 Å². The monoisotopic (exact) mass is 602 g/mol. The maximum atomic E-state index is 13.7. The quantitative estimate of drug-likeness (QED) is 0.295. The molecule has 1 aromatic heterocycles. The first-order valence-electron chi connectivity index (χ1n) is 13.5. The molecule has 11 heteroatoms. The third-order valence-corrected chi connectivity index (χ3v) is 9.40. The molecule has 2 aliphatic rings. The van der Waals surface area contributed by atoms with Crippen LogP contribution in [0.25, 0.3) is 0 Å². The number of carbonyl (C=O) groups excluding carboxylic acids is 2. The second-order valence-corrected chi connectivity index (χ2v) is 13.7. The van der Waals surface area contributed by atoms with Crippen LogP contribution in [-0.4, -0.2) is 27.6 Å². The summed E-state index contributed by atoms with van der Waals surface area (Å²) in [5, 5.41) is 22.1. The lowest BCUT2D eigenvalue weighted by Crippen LogP contribution is -2.42. The van der Waals surface area contributed by atoms with Crippen molar-refractivity contribution >= 4 is 45.6 Å². The number of hydrogen-bond donors (Lipinski definition) is 2. The van der Waals surface area contributed by atoms with Crippen LogP contribution >= 0.6 is 23.1 Å². The van der Waals surface area contributed by atoms with Gasteiger partial charge in [-0.1, -0.05) is 75.1 Å². The van der Waals surface area contributed by atoms with E-state index >= 15 is 0 Å². The van der Waals surface area contributed by atoms with Gasteiger partial charge in [0.2, 0.25) is 11.0 Å². The van der Waals surface area contributed by atoms with Gasteiger partial charge in [0.15, 0.2) is 10.1 Å². The van der Waals surface area contributed by atoms with Crippen molar-refractivity contribution in [3.05, 3.63) is 88.1 Å². The maximum Gasteiger partial charge on any atom is 0.234 e. The highest BCUT2D eigenvalue weighted by molar-refractivity contribution is 8.01. The van der Waals surface area contributed by atoms with Crippen molar-refractivity contribution in [2.45, 2.75) is 56.7 Å². The first kappa shape index (κ1) is 29.5. The maximum absolute atomic E-state index is 13.7. The predicted octanol–water partition coefficient (Wildman–Crippen LogP) is 6.47. The van der Waals surface area contributed by atoms with Gasteiger partial charge in [-0.15, -0.1) is 10.2 Å². The number of allylic oxidation sites excluding steroid dienone is 3. The van der Waals surface area contributed by atoms with E-state index in [2.05, 4.69) is 35.4 Å². The van der Waals surface area contributed by atoms with Gasteiger partial charge < -0.3 is 11.1 Å². The average molecular weight is 603 g/mol. The van der Waals surface area contributed by atoms with Crippen LogP contribution in [0.3, 0.4) is 0 Å². The van der Waals surface area contributed by atoms with Gasteiger partial charge in [0.05, 0.1) is 23.3 Å². The third-order valence-electron chi connectivity index (χ3n) is 7.36. The Bertz CT molecular complexity index is 1630. The SMILES string of the molecule is CC(C)c1ccc(C2C(C#N)=C(N)N(c3nnc(SCC(=O)Nc4ccc(F)cc4)s3)C3=C2C(=O)CC(C)(C)C3)cc1. The lowest BCUT2D eigenvalue weighted by molar-refractivity contribution is -0.118. The zero-order valence-electron chi connectivity index (χ0n) is 23.8. The van der Waals surface area contributed by atoms with Crippen molar-refractivity contribution in [3.63, 3.8) is 0 Å². The molecule has 3 aromatic rings. The number of anilines is 2. The van der Waals surface area contributed by atoms with Crippen molar-refractivity contribution in [2.75, 3.05) is 16.0 Å². The lowest BCUT2D eigenvalue weighted by atomic mass is 9.68. The first-order valence-corrected chi connectivity index (χ1v) is 15.4. The number of nitrogens with two attached hydrogens (primary N) is 1. The largest absolute Gasteiger partial charge is 0.384 e. The highest BCUT2D eigenvalue weighted by atomic mass is 32.2.